The third kappa shape index (κ3) is 1.24. The average molecular weight is 175 g/mol. The molecule has 0 atom stereocenters. The molecule has 0 unspecified atom stereocenters. The second kappa shape index (κ2) is 2.55. The minimum Gasteiger partial charge on any atom is -0.384 e. The van der Waals surface area contributed by atoms with Crippen molar-refractivity contribution in [3.05, 3.63) is 17.8 Å². The van der Waals surface area contributed by atoms with Crippen molar-refractivity contribution in [3.63, 3.8) is 0 Å². The molecule has 2 aromatic rings. The van der Waals surface area contributed by atoms with Gasteiger partial charge < -0.3 is 11.5 Å². The van der Waals surface area contributed by atoms with Crippen LogP contribution in [0.4, 0.5) is 11.8 Å². The van der Waals surface area contributed by atoms with Gasteiger partial charge in [-0.2, -0.15) is 4.98 Å². The molecule has 0 aliphatic carbocycles. The van der Waals surface area contributed by atoms with E-state index >= 15 is 0 Å². The average Bonchev–Trinajstić information content (AvgIpc) is 2.02. The van der Waals surface area contributed by atoms with Crippen molar-refractivity contribution in [1.82, 2.24) is 15.0 Å². The van der Waals surface area contributed by atoms with Crippen LogP contribution in [0.3, 0.4) is 0 Å². The number of pyridine rings is 1. The third-order valence-electron chi connectivity index (χ3n) is 1.79. The van der Waals surface area contributed by atoms with Gasteiger partial charge in [0.1, 0.15) is 5.82 Å². The van der Waals surface area contributed by atoms with Crippen LogP contribution < -0.4 is 11.5 Å². The molecule has 0 bridgehead atoms. The van der Waals surface area contributed by atoms with E-state index in [4.69, 9.17) is 11.5 Å². The van der Waals surface area contributed by atoms with Crippen molar-refractivity contribution >= 4 is 22.8 Å². The molecule has 0 amide bonds. The number of fused-ring (bicyclic) bond motifs is 1. The normalized spacial score (nSPS) is 10.5. The molecule has 2 aromatic heterocycles. The predicted molar refractivity (Wildman–Crippen MR) is 50.9 cm³/mol. The number of nitrogens with zero attached hydrogens (tertiary/aromatic N) is 3. The summed E-state index contributed by atoms with van der Waals surface area (Å²) in [5.41, 5.74) is 12.3. The van der Waals surface area contributed by atoms with Gasteiger partial charge in [-0.1, -0.05) is 0 Å². The Labute approximate surface area is 74.8 Å². The molecular formula is C8H9N5. The Hall–Kier alpha value is -1.91. The van der Waals surface area contributed by atoms with E-state index in [9.17, 15) is 0 Å². The topological polar surface area (TPSA) is 90.7 Å². The molecule has 0 radical (unpaired) electrons. The summed E-state index contributed by atoms with van der Waals surface area (Å²) < 4.78 is 0. The van der Waals surface area contributed by atoms with Gasteiger partial charge in [-0.15, -0.1) is 0 Å². The Morgan fingerprint density at radius 2 is 1.85 bits per heavy atom. The summed E-state index contributed by atoms with van der Waals surface area (Å²) >= 11 is 0. The lowest BCUT2D eigenvalue weighted by Crippen LogP contribution is -2.00. The van der Waals surface area contributed by atoms with Gasteiger partial charge in [0.05, 0.1) is 5.69 Å². The largest absolute Gasteiger partial charge is 0.384 e. The molecule has 2 heterocycles. The molecule has 66 valence electrons. The lowest BCUT2D eigenvalue weighted by atomic mass is 10.2. The minimum atomic E-state index is 0.225. The highest BCUT2D eigenvalue weighted by atomic mass is 15.0. The molecule has 5 heteroatoms. The fourth-order valence-corrected chi connectivity index (χ4v) is 1.20. The fourth-order valence-electron chi connectivity index (χ4n) is 1.20. The van der Waals surface area contributed by atoms with Gasteiger partial charge in [0.25, 0.3) is 0 Å². The number of anilines is 2. The first-order chi connectivity index (χ1) is 6.16. The highest BCUT2D eigenvalue weighted by Crippen LogP contribution is 2.15. The van der Waals surface area contributed by atoms with Crippen LogP contribution in [0, 0.1) is 6.92 Å². The maximum atomic E-state index is 5.51. The smallest absolute Gasteiger partial charge is 0.222 e. The first-order valence-electron chi connectivity index (χ1n) is 3.83. The quantitative estimate of drug-likeness (QED) is 0.608. The van der Waals surface area contributed by atoms with E-state index in [0.717, 1.165) is 11.1 Å². The highest BCUT2D eigenvalue weighted by molar-refractivity contribution is 5.79. The van der Waals surface area contributed by atoms with Crippen LogP contribution in [0.5, 0.6) is 0 Å². The molecule has 0 saturated heterocycles. The maximum Gasteiger partial charge on any atom is 0.222 e. The molecule has 0 saturated carbocycles. The summed E-state index contributed by atoms with van der Waals surface area (Å²) in [6, 6.07) is 3.56. The number of hydrogen-bond donors (Lipinski definition) is 2. The summed E-state index contributed by atoms with van der Waals surface area (Å²) in [6.45, 7) is 1.86. The number of nitrogens with two attached hydrogens (primary N) is 2. The van der Waals surface area contributed by atoms with Crippen LogP contribution >= 0.6 is 0 Å². The molecule has 0 aromatic carbocycles. The van der Waals surface area contributed by atoms with Gasteiger partial charge in [0, 0.05) is 5.39 Å². The Kier molecular flexibility index (Phi) is 1.51. The van der Waals surface area contributed by atoms with Crippen molar-refractivity contribution in [2.75, 3.05) is 11.5 Å². The number of aromatic nitrogens is 3. The van der Waals surface area contributed by atoms with E-state index in [0.29, 0.717) is 11.5 Å². The van der Waals surface area contributed by atoms with Crippen molar-refractivity contribution in [3.8, 4) is 0 Å². The van der Waals surface area contributed by atoms with Crippen molar-refractivity contribution in [2.45, 2.75) is 6.92 Å². The monoisotopic (exact) mass is 175 g/mol. The maximum absolute atomic E-state index is 5.51. The molecule has 13 heavy (non-hydrogen) atoms. The van der Waals surface area contributed by atoms with E-state index < -0.39 is 0 Å². The van der Waals surface area contributed by atoms with E-state index in [2.05, 4.69) is 15.0 Å². The van der Waals surface area contributed by atoms with E-state index in [-0.39, 0.29) is 5.95 Å². The number of rotatable bonds is 0. The van der Waals surface area contributed by atoms with E-state index in [1.165, 1.54) is 0 Å². The summed E-state index contributed by atoms with van der Waals surface area (Å²) in [5.74, 6) is 0.660. The third-order valence-corrected chi connectivity index (χ3v) is 1.79. The zero-order valence-electron chi connectivity index (χ0n) is 7.15. The van der Waals surface area contributed by atoms with Crippen LogP contribution in [-0.4, -0.2) is 15.0 Å². The van der Waals surface area contributed by atoms with Gasteiger partial charge in [-0.25, -0.2) is 9.97 Å². The van der Waals surface area contributed by atoms with Gasteiger partial charge in [-0.05, 0) is 19.1 Å². The first-order valence-corrected chi connectivity index (χ1v) is 3.83. The molecule has 2 rings (SSSR count). The second-order valence-electron chi connectivity index (χ2n) is 2.77. The van der Waals surface area contributed by atoms with Gasteiger partial charge in [0.15, 0.2) is 5.65 Å². The van der Waals surface area contributed by atoms with E-state index in [1.807, 2.05) is 13.0 Å². The zero-order chi connectivity index (χ0) is 9.42. The second-order valence-corrected chi connectivity index (χ2v) is 2.77. The fraction of sp³-hybridized carbons (Fsp3) is 0.125. The van der Waals surface area contributed by atoms with Crippen LogP contribution in [0.1, 0.15) is 5.69 Å². The van der Waals surface area contributed by atoms with Crippen molar-refractivity contribution in [2.24, 2.45) is 0 Å². The summed E-state index contributed by atoms with van der Waals surface area (Å²) in [6.07, 6.45) is 0. The Balaban J connectivity index is 2.86. The summed E-state index contributed by atoms with van der Waals surface area (Å²) in [7, 11) is 0. The lowest BCUT2D eigenvalue weighted by molar-refractivity contribution is 1.14. The molecule has 0 fully saturated rings. The van der Waals surface area contributed by atoms with Crippen LogP contribution in [0.25, 0.3) is 11.0 Å². The predicted octanol–water partition coefficient (Wildman–Crippen LogP) is 0.498. The summed E-state index contributed by atoms with van der Waals surface area (Å²) in [4.78, 5) is 12.0. The van der Waals surface area contributed by atoms with Gasteiger partial charge >= 0.3 is 0 Å². The molecule has 5 nitrogen and oxygen atoms in total. The van der Waals surface area contributed by atoms with Crippen LogP contribution in [0.2, 0.25) is 0 Å². The lowest BCUT2D eigenvalue weighted by Gasteiger charge is -2.01. The Morgan fingerprint density at radius 1 is 1.08 bits per heavy atom. The van der Waals surface area contributed by atoms with E-state index in [1.54, 1.807) is 6.07 Å². The van der Waals surface area contributed by atoms with Gasteiger partial charge in [0.2, 0.25) is 5.95 Å². The Bertz CT molecular complexity index is 460. The standard InChI is InChI=1S/C8H9N5/c1-4-5-2-3-6(9)12-7(5)13-8(10)11-4/h2-3H,1H3,(H4,9,10,11,12,13). The zero-order valence-corrected chi connectivity index (χ0v) is 7.15. The molecule has 0 aliphatic rings. The Morgan fingerprint density at radius 3 is 2.62 bits per heavy atom. The van der Waals surface area contributed by atoms with Crippen LogP contribution in [0.15, 0.2) is 12.1 Å². The molecule has 0 spiro atoms. The first kappa shape index (κ1) is 7.72. The van der Waals surface area contributed by atoms with Crippen LogP contribution in [-0.2, 0) is 0 Å². The molecular weight excluding hydrogens is 166 g/mol. The number of nitrogen functional groups attached to an aromatic ring is 2. The van der Waals surface area contributed by atoms with Gasteiger partial charge in [-0.3, -0.25) is 0 Å². The summed E-state index contributed by atoms with van der Waals surface area (Å²) in [5, 5.41) is 0.878. The SMILES string of the molecule is Cc1nc(N)nc2nc(N)ccc12. The highest BCUT2D eigenvalue weighted by Gasteiger charge is 2.02. The number of hydrogen-bond acceptors (Lipinski definition) is 5. The van der Waals surface area contributed by atoms with Crippen molar-refractivity contribution in [1.29, 1.82) is 0 Å². The number of aryl methyl sites for hydroxylation is 1. The minimum absolute atomic E-state index is 0.225. The van der Waals surface area contributed by atoms with Crippen molar-refractivity contribution < 1.29 is 0 Å². The molecule has 4 N–H and O–H groups in total. The molecule has 0 aliphatic heterocycles.